The van der Waals surface area contributed by atoms with Crippen molar-refractivity contribution in [2.75, 3.05) is 7.05 Å². The lowest BCUT2D eigenvalue weighted by molar-refractivity contribution is 0.457. The van der Waals surface area contributed by atoms with Crippen LogP contribution in [0.25, 0.3) is 5.32 Å². The van der Waals surface area contributed by atoms with Crippen LogP contribution in [0.4, 0.5) is 0 Å². The van der Waals surface area contributed by atoms with Crippen molar-refractivity contribution >= 4 is 0 Å². The van der Waals surface area contributed by atoms with Crippen LogP contribution >= 0.6 is 0 Å². The van der Waals surface area contributed by atoms with Gasteiger partial charge in [0.25, 0.3) is 0 Å². The largest absolute Gasteiger partial charge is 0.662 e. The number of rotatable bonds is 1. The van der Waals surface area contributed by atoms with E-state index >= 15 is 0 Å². The lowest BCUT2D eigenvalue weighted by Gasteiger charge is -2.35. The minimum Gasteiger partial charge on any atom is -0.662 e. The quantitative estimate of drug-likeness (QED) is 0.457. The molecule has 0 radical (unpaired) electrons. The Labute approximate surface area is 38.7 Å². The molecule has 0 spiro atoms. The Morgan fingerprint density at radius 1 is 1.50 bits per heavy atom. The fourth-order valence-electron chi connectivity index (χ4n) is 0.645. The maximum Gasteiger partial charge on any atom is -0.0561 e. The number of hydrogen-bond acceptors (Lipinski definition) is 0. The van der Waals surface area contributed by atoms with E-state index in [4.69, 9.17) is 0 Å². The zero-order valence-corrected chi connectivity index (χ0v) is 4.15. The molecule has 0 saturated heterocycles. The van der Waals surface area contributed by atoms with Gasteiger partial charge in [0.1, 0.15) is 0 Å². The van der Waals surface area contributed by atoms with Crippen LogP contribution in [-0.4, -0.2) is 13.1 Å². The van der Waals surface area contributed by atoms with Crippen molar-refractivity contribution in [3.05, 3.63) is 5.32 Å². The highest BCUT2D eigenvalue weighted by Gasteiger charge is 2.04. The molecule has 1 saturated carbocycles. The SMILES string of the molecule is C[N-]C1CCC1. The molecule has 0 heterocycles. The predicted molar refractivity (Wildman–Crippen MR) is 26.9 cm³/mol. The van der Waals surface area contributed by atoms with E-state index in [2.05, 4.69) is 5.32 Å². The van der Waals surface area contributed by atoms with Crippen LogP contribution in [0.3, 0.4) is 0 Å². The maximum absolute atomic E-state index is 4.09. The molecule has 1 nitrogen and oxygen atoms in total. The molecule has 0 atom stereocenters. The zero-order chi connectivity index (χ0) is 4.41. The van der Waals surface area contributed by atoms with E-state index in [1.807, 2.05) is 7.05 Å². The van der Waals surface area contributed by atoms with Crippen LogP contribution in [0, 0.1) is 0 Å². The van der Waals surface area contributed by atoms with Crippen molar-refractivity contribution in [2.24, 2.45) is 0 Å². The van der Waals surface area contributed by atoms with E-state index < -0.39 is 0 Å². The highest BCUT2D eigenvalue weighted by atomic mass is 14.9. The van der Waals surface area contributed by atoms with Crippen LogP contribution in [0.2, 0.25) is 0 Å². The van der Waals surface area contributed by atoms with Crippen LogP contribution in [0.1, 0.15) is 19.3 Å². The highest BCUT2D eigenvalue weighted by molar-refractivity contribution is 4.92. The predicted octanol–water partition coefficient (Wildman–Crippen LogP) is 1.54. The van der Waals surface area contributed by atoms with E-state index in [0.29, 0.717) is 0 Å². The van der Waals surface area contributed by atoms with E-state index in [1.165, 1.54) is 19.3 Å². The van der Waals surface area contributed by atoms with Crippen molar-refractivity contribution in [1.29, 1.82) is 0 Å². The minimum absolute atomic E-state index is 0.741. The average molecular weight is 84.1 g/mol. The van der Waals surface area contributed by atoms with Gasteiger partial charge in [-0.1, -0.05) is 19.3 Å². The van der Waals surface area contributed by atoms with E-state index in [-0.39, 0.29) is 0 Å². The summed E-state index contributed by atoms with van der Waals surface area (Å²) < 4.78 is 0. The summed E-state index contributed by atoms with van der Waals surface area (Å²) in [6, 6.07) is 0.741. The first-order chi connectivity index (χ1) is 2.93. The first kappa shape index (κ1) is 4.13. The summed E-state index contributed by atoms with van der Waals surface area (Å²) >= 11 is 0. The number of hydrogen-bond donors (Lipinski definition) is 0. The van der Waals surface area contributed by atoms with Gasteiger partial charge >= 0.3 is 0 Å². The smallest absolute Gasteiger partial charge is 0.0561 e. The average Bonchev–Trinajstić information content (AvgIpc) is 1.31. The summed E-state index contributed by atoms with van der Waals surface area (Å²) in [5, 5.41) is 4.09. The molecule has 0 aromatic heterocycles. The topological polar surface area (TPSA) is 14.1 Å². The lowest BCUT2D eigenvalue weighted by Crippen LogP contribution is -2.14. The van der Waals surface area contributed by atoms with Gasteiger partial charge in [0.2, 0.25) is 0 Å². The van der Waals surface area contributed by atoms with Gasteiger partial charge in [-0.25, -0.2) is 0 Å². The van der Waals surface area contributed by atoms with Gasteiger partial charge in [-0.2, -0.15) is 7.05 Å². The Kier molecular flexibility index (Phi) is 1.10. The zero-order valence-electron chi connectivity index (χ0n) is 4.15. The van der Waals surface area contributed by atoms with Crippen LogP contribution in [0.5, 0.6) is 0 Å². The van der Waals surface area contributed by atoms with Crippen LogP contribution in [-0.2, 0) is 0 Å². The highest BCUT2D eigenvalue weighted by Crippen LogP contribution is 2.23. The van der Waals surface area contributed by atoms with Crippen LogP contribution in [0.15, 0.2) is 0 Å². The third-order valence-corrected chi connectivity index (χ3v) is 1.44. The first-order valence-electron chi connectivity index (χ1n) is 2.52. The molecule has 0 aromatic carbocycles. The summed E-state index contributed by atoms with van der Waals surface area (Å²) in [5.41, 5.74) is 0. The van der Waals surface area contributed by atoms with Crippen LogP contribution < -0.4 is 0 Å². The minimum atomic E-state index is 0.741. The Hall–Kier alpha value is -0.0400. The second-order valence-electron chi connectivity index (χ2n) is 1.84. The molecule has 36 valence electrons. The molecule has 1 aliphatic rings. The van der Waals surface area contributed by atoms with Gasteiger partial charge in [0.05, 0.1) is 0 Å². The molecule has 1 aliphatic carbocycles. The van der Waals surface area contributed by atoms with E-state index in [9.17, 15) is 0 Å². The summed E-state index contributed by atoms with van der Waals surface area (Å²) in [4.78, 5) is 0. The standard InChI is InChI=1S/C5H10N/c1-6-5-3-2-4-5/h5H,2-4H2,1H3/q-1. The first-order valence-corrected chi connectivity index (χ1v) is 2.52. The Morgan fingerprint density at radius 3 is 2.17 bits per heavy atom. The molecule has 0 aromatic rings. The molecule has 0 unspecified atom stereocenters. The van der Waals surface area contributed by atoms with E-state index in [0.717, 1.165) is 6.04 Å². The summed E-state index contributed by atoms with van der Waals surface area (Å²) in [7, 11) is 1.91. The molecular formula is C5H10N-. The Bertz CT molecular complexity index is 36.4. The van der Waals surface area contributed by atoms with Gasteiger partial charge in [0.15, 0.2) is 0 Å². The van der Waals surface area contributed by atoms with Gasteiger partial charge in [-0.05, 0) is 0 Å². The number of nitrogens with zero attached hydrogens (tertiary/aromatic N) is 1. The Morgan fingerprint density at radius 2 is 2.17 bits per heavy atom. The third kappa shape index (κ3) is 0.548. The third-order valence-electron chi connectivity index (χ3n) is 1.44. The summed E-state index contributed by atoms with van der Waals surface area (Å²) in [6.45, 7) is 0. The lowest BCUT2D eigenvalue weighted by atomic mass is 9.94. The fourth-order valence-corrected chi connectivity index (χ4v) is 0.645. The van der Waals surface area contributed by atoms with Gasteiger partial charge < -0.3 is 5.32 Å². The van der Waals surface area contributed by atoms with E-state index in [1.54, 1.807) is 0 Å². The normalized spacial score (nSPS) is 23.5. The maximum atomic E-state index is 4.09. The molecule has 0 aliphatic heterocycles. The fraction of sp³-hybridized carbons (Fsp3) is 1.00. The van der Waals surface area contributed by atoms with Crippen molar-refractivity contribution < 1.29 is 0 Å². The molecular weight excluding hydrogens is 74.1 g/mol. The monoisotopic (exact) mass is 84.1 g/mol. The van der Waals surface area contributed by atoms with Crippen molar-refractivity contribution in [2.45, 2.75) is 25.3 Å². The molecule has 0 N–H and O–H groups in total. The van der Waals surface area contributed by atoms with Gasteiger partial charge in [0, 0.05) is 0 Å². The molecule has 0 bridgehead atoms. The van der Waals surface area contributed by atoms with Crippen molar-refractivity contribution in [3.63, 3.8) is 0 Å². The summed E-state index contributed by atoms with van der Waals surface area (Å²) in [6.07, 6.45) is 4.09. The molecule has 0 amide bonds. The second kappa shape index (κ2) is 1.61. The molecule has 1 fully saturated rings. The molecule has 1 rings (SSSR count). The van der Waals surface area contributed by atoms with Gasteiger partial charge in [-0.3, -0.25) is 0 Å². The summed E-state index contributed by atoms with van der Waals surface area (Å²) in [5.74, 6) is 0. The Balaban J connectivity index is 2.01. The molecule has 6 heavy (non-hydrogen) atoms. The van der Waals surface area contributed by atoms with Crippen molar-refractivity contribution in [1.82, 2.24) is 0 Å². The van der Waals surface area contributed by atoms with Crippen molar-refractivity contribution in [3.8, 4) is 0 Å². The molecule has 1 heteroatoms. The second-order valence-corrected chi connectivity index (χ2v) is 1.84. The van der Waals surface area contributed by atoms with Gasteiger partial charge in [-0.15, -0.1) is 6.04 Å².